The fraction of sp³-hybridized carbons (Fsp3) is 0.429. The molecule has 1 saturated heterocycles. The number of anilines is 1. The van der Waals surface area contributed by atoms with E-state index < -0.39 is 17.4 Å². The number of hydrogen-bond donors (Lipinski definition) is 2. The molecule has 47 heavy (non-hydrogen) atoms. The second-order valence-electron chi connectivity index (χ2n) is 12.8. The van der Waals surface area contributed by atoms with Gasteiger partial charge in [0.05, 0.1) is 5.39 Å². The van der Waals surface area contributed by atoms with Crippen molar-refractivity contribution in [1.82, 2.24) is 25.0 Å². The Labute approximate surface area is 277 Å². The van der Waals surface area contributed by atoms with E-state index in [-0.39, 0.29) is 40.4 Å². The molecule has 246 valence electrons. The molecule has 12 heteroatoms. The second kappa shape index (κ2) is 14.1. The highest BCUT2D eigenvalue weighted by Crippen LogP contribution is 2.47. The lowest BCUT2D eigenvalue weighted by Crippen LogP contribution is -2.54. The highest BCUT2D eigenvalue weighted by Gasteiger charge is 2.44. The average molecular weight is 659 g/mol. The Morgan fingerprint density at radius 2 is 1.79 bits per heavy atom. The molecule has 0 bridgehead atoms. The number of halogens is 1. The molecular formula is C35H39ClN6O5. The van der Waals surface area contributed by atoms with E-state index in [1.807, 2.05) is 21.7 Å². The molecule has 0 spiro atoms. The summed E-state index contributed by atoms with van der Waals surface area (Å²) in [5.41, 5.74) is 1.05. The smallest absolute Gasteiger partial charge is 0.287 e. The number of fused-ring (bicyclic) bond motifs is 1. The molecule has 2 aromatic carbocycles. The lowest BCUT2D eigenvalue weighted by Gasteiger charge is -2.48. The Morgan fingerprint density at radius 3 is 2.47 bits per heavy atom. The number of carbonyl (C=O) groups excluding carboxylic acids is 3. The van der Waals surface area contributed by atoms with Gasteiger partial charge in [-0.3, -0.25) is 23.9 Å². The minimum absolute atomic E-state index is 0.0220. The summed E-state index contributed by atoms with van der Waals surface area (Å²) >= 11 is 6.12. The van der Waals surface area contributed by atoms with Crippen molar-refractivity contribution in [3.05, 3.63) is 87.8 Å². The summed E-state index contributed by atoms with van der Waals surface area (Å²) in [5, 5.41) is 10.7. The number of amides is 3. The molecule has 3 amide bonds. The van der Waals surface area contributed by atoms with Gasteiger partial charge in [-0.15, -0.1) is 0 Å². The molecule has 6 rings (SSSR count). The molecule has 1 aliphatic carbocycles. The monoisotopic (exact) mass is 658 g/mol. The first kappa shape index (κ1) is 32.4. The lowest BCUT2D eigenvalue weighted by molar-refractivity contribution is -0.137. The van der Waals surface area contributed by atoms with Crippen LogP contribution in [-0.4, -0.2) is 56.5 Å². The molecule has 4 aromatic rings. The van der Waals surface area contributed by atoms with E-state index >= 15 is 0 Å². The summed E-state index contributed by atoms with van der Waals surface area (Å²) in [6.07, 6.45) is 11.3. The molecule has 3 heterocycles. The van der Waals surface area contributed by atoms with Crippen LogP contribution in [0.1, 0.15) is 68.0 Å². The van der Waals surface area contributed by atoms with Crippen molar-refractivity contribution in [3.63, 3.8) is 0 Å². The summed E-state index contributed by atoms with van der Waals surface area (Å²) in [6, 6.07) is 12.0. The van der Waals surface area contributed by atoms with Crippen molar-refractivity contribution in [2.24, 2.45) is 11.3 Å². The van der Waals surface area contributed by atoms with Crippen molar-refractivity contribution >= 4 is 46.0 Å². The van der Waals surface area contributed by atoms with E-state index in [4.69, 9.17) is 16.0 Å². The summed E-state index contributed by atoms with van der Waals surface area (Å²) in [5.74, 6) is -0.764. The van der Waals surface area contributed by atoms with E-state index in [9.17, 15) is 19.2 Å². The lowest BCUT2D eigenvalue weighted by atomic mass is 9.63. The summed E-state index contributed by atoms with van der Waals surface area (Å²) < 4.78 is 7.74. The minimum Gasteiger partial charge on any atom is -0.451 e. The van der Waals surface area contributed by atoms with E-state index in [1.54, 1.807) is 30.9 Å². The van der Waals surface area contributed by atoms with E-state index in [2.05, 4.69) is 20.7 Å². The Hall–Kier alpha value is -4.51. The SMILES string of the molecule is CC(=O)Nc1ccc2oc(C(=O)N[C@H](Cc3ccc(Cl)cc3)C(=O)N3CCC(Cn4cncn4)(C4CCCCC4)CC3)cc(=O)c2c1. The first-order valence-corrected chi connectivity index (χ1v) is 16.6. The number of benzene rings is 2. The molecule has 2 aliphatic rings. The first-order chi connectivity index (χ1) is 22.7. The van der Waals surface area contributed by atoms with Crippen LogP contribution in [0.3, 0.4) is 0 Å². The number of aromatic nitrogens is 3. The largest absolute Gasteiger partial charge is 0.451 e. The molecule has 1 saturated carbocycles. The number of carbonyl (C=O) groups is 3. The summed E-state index contributed by atoms with van der Waals surface area (Å²) in [7, 11) is 0. The van der Waals surface area contributed by atoms with E-state index in [1.165, 1.54) is 51.2 Å². The predicted octanol–water partition coefficient (Wildman–Crippen LogP) is 5.23. The third kappa shape index (κ3) is 7.56. The van der Waals surface area contributed by atoms with Gasteiger partial charge >= 0.3 is 0 Å². The molecule has 11 nitrogen and oxygen atoms in total. The van der Waals surface area contributed by atoms with Gasteiger partial charge in [0, 0.05) is 49.8 Å². The van der Waals surface area contributed by atoms with Gasteiger partial charge in [0.1, 0.15) is 24.3 Å². The quantitative estimate of drug-likeness (QED) is 0.251. The molecule has 0 radical (unpaired) electrons. The molecule has 1 atom stereocenters. The van der Waals surface area contributed by atoms with Gasteiger partial charge in [-0.25, -0.2) is 4.98 Å². The van der Waals surface area contributed by atoms with Crippen LogP contribution in [0, 0.1) is 11.3 Å². The Kier molecular flexibility index (Phi) is 9.72. The zero-order valence-corrected chi connectivity index (χ0v) is 27.2. The van der Waals surface area contributed by atoms with Crippen molar-refractivity contribution in [2.75, 3.05) is 18.4 Å². The molecule has 2 fully saturated rings. The Balaban J connectivity index is 1.22. The van der Waals surface area contributed by atoms with Crippen molar-refractivity contribution in [1.29, 1.82) is 0 Å². The normalized spacial score (nSPS) is 17.3. The zero-order valence-electron chi connectivity index (χ0n) is 26.4. The standard InChI is InChI=1S/C35H39ClN6O5/c1-23(43)39-27-11-12-31-28(18-27)30(44)19-32(47-31)33(45)40-29(17-24-7-9-26(36)10-8-24)34(46)41-15-13-35(14-16-41,20-42-22-37-21-38-42)25-5-3-2-4-6-25/h7-12,18-19,21-22,25,29H,2-6,13-17,20H2,1H3,(H,39,43)(H,40,45)/t29-/m1/s1. The zero-order chi connectivity index (χ0) is 33.0. The number of nitrogens with one attached hydrogen (secondary N) is 2. The summed E-state index contributed by atoms with van der Waals surface area (Å²) in [6.45, 7) is 3.28. The van der Waals surface area contributed by atoms with Gasteiger partial charge in [0.15, 0.2) is 11.2 Å². The predicted molar refractivity (Wildman–Crippen MR) is 178 cm³/mol. The van der Waals surface area contributed by atoms with Gasteiger partial charge in [-0.05, 0) is 72.9 Å². The van der Waals surface area contributed by atoms with Gasteiger partial charge in [0.2, 0.25) is 11.8 Å². The van der Waals surface area contributed by atoms with Crippen LogP contribution < -0.4 is 16.1 Å². The van der Waals surface area contributed by atoms with Crippen molar-refractivity contribution in [3.8, 4) is 0 Å². The third-order valence-electron chi connectivity index (χ3n) is 9.71. The van der Waals surface area contributed by atoms with Crippen molar-refractivity contribution < 1.29 is 18.8 Å². The van der Waals surface area contributed by atoms with Crippen LogP contribution >= 0.6 is 11.6 Å². The highest BCUT2D eigenvalue weighted by atomic mass is 35.5. The first-order valence-electron chi connectivity index (χ1n) is 16.2. The number of hydrogen-bond acceptors (Lipinski definition) is 7. The van der Waals surface area contributed by atoms with Gasteiger partial charge < -0.3 is 20.0 Å². The van der Waals surface area contributed by atoms with Crippen LogP contribution in [0.25, 0.3) is 11.0 Å². The third-order valence-corrected chi connectivity index (χ3v) is 9.97. The minimum atomic E-state index is -0.899. The fourth-order valence-corrected chi connectivity index (χ4v) is 7.40. The average Bonchev–Trinajstić information content (AvgIpc) is 3.58. The number of rotatable bonds is 9. The van der Waals surface area contributed by atoms with Crippen LogP contribution in [-0.2, 0) is 22.6 Å². The van der Waals surface area contributed by atoms with Crippen LogP contribution in [0.2, 0.25) is 5.02 Å². The summed E-state index contributed by atoms with van der Waals surface area (Å²) in [4.78, 5) is 58.2. The maximum atomic E-state index is 14.2. The highest BCUT2D eigenvalue weighted by molar-refractivity contribution is 6.30. The van der Waals surface area contributed by atoms with Crippen LogP contribution in [0.5, 0.6) is 0 Å². The van der Waals surface area contributed by atoms with E-state index in [0.717, 1.165) is 31.0 Å². The molecule has 2 N–H and O–H groups in total. The number of likely N-dealkylation sites (tertiary alicyclic amines) is 1. The van der Waals surface area contributed by atoms with Gasteiger partial charge in [-0.1, -0.05) is 43.0 Å². The van der Waals surface area contributed by atoms with Gasteiger partial charge in [0.25, 0.3) is 5.91 Å². The molecular weight excluding hydrogens is 620 g/mol. The maximum Gasteiger partial charge on any atom is 0.287 e. The second-order valence-corrected chi connectivity index (χ2v) is 13.3. The van der Waals surface area contributed by atoms with Gasteiger partial charge in [-0.2, -0.15) is 5.10 Å². The molecule has 0 unspecified atom stereocenters. The molecule has 2 aromatic heterocycles. The Morgan fingerprint density at radius 1 is 1.04 bits per heavy atom. The maximum absolute atomic E-state index is 14.2. The van der Waals surface area contributed by atoms with Crippen LogP contribution in [0.4, 0.5) is 5.69 Å². The Bertz CT molecular complexity index is 1790. The number of nitrogens with zero attached hydrogens (tertiary/aromatic N) is 4. The topological polar surface area (TPSA) is 139 Å². The number of piperidine rings is 1. The van der Waals surface area contributed by atoms with Crippen molar-refractivity contribution in [2.45, 2.75) is 70.9 Å². The van der Waals surface area contributed by atoms with E-state index in [0.29, 0.717) is 29.7 Å². The molecule has 1 aliphatic heterocycles. The van der Waals surface area contributed by atoms with Crippen LogP contribution in [0.15, 0.2) is 70.4 Å². The fourth-order valence-electron chi connectivity index (χ4n) is 7.28.